The highest BCUT2D eigenvalue weighted by atomic mass is 16.2. The Morgan fingerprint density at radius 3 is 2.07 bits per heavy atom. The third kappa shape index (κ3) is 8.33. The Hall–Kier alpha value is -2.42. The van der Waals surface area contributed by atoms with Gasteiger partial charge in [-0.05, 0) is 77.2 Å². The van der Waals surface area contributed by atoms with Crippen LogP contribution >= 0.6 is 0 Å². The first-order valence-corrected chi connectivity index (χ1v) is 15.8. The molecule has 3 fully saturated rings. The molecule has 0 aromatic carbocycles. The Morgan fingerprint density at radius 1 is 0.878 bits per heavy atom. The van der Waals surface area contributed by atoms with Crippen LogP contribution in [0.3, 0.4) is 0 Å². The number of piperidine rings is 1. The number of hydrogen-bond acceptors (Lipinski definition) is 5. The van der Waals surface area contributed by atoms with E-state index in [0.717, 1.165) is 45.1 Å². The summed E-state index contributed by atoms with van der Waals surface area (Å²) in [5.41, 5.74) is 0.0205. The van der Waals surface area contributed by atoms with E-state index in [-0.39, 0.29) is 53.7 Å². The summed E-state index contributed by atoms with van der Waals surface area (Å²) in [6.45, 7) is 17.4. The normalized spacial score (nSPS) is 23.9. The molecule has 0 aromatic rings. The molecule has 2 N–H and O–H groups in total. The van der Waals surface area contributed by atoms with Gasteiger partial charge in [0.05, 0.1) is 12.1 Å². The van der Waals surface area contributed by atoms with Crippen LogP contribution in [0.2, 0.25) is 0 Å². The number of rotatable bonds is 10. The van der Waals surface area contributed by atoms with Gasteiger partial charge in [-0.2, -0.15) is 0 Å². The van der Waals surface area contributed by atoms with Gasteiger partial charge in [-0.25, -0.2) is 0 Å². The summed E-state index contributed by atoms with van der Waals surface area (Å²) < 4.78 is 0. The van der Waals surface area contributed by atoms with Crippen LogP contribution in [0.15, 0.2) is 11.6 Å². The summed E-state index contributed by atoms with van der Waals surface area (Å²) in [5.74, 6) is -0.443. The van der Waals surface area contributed by atoms with Gasteiger partial charge in [-0.15, -0.1) is 0 Å². The van der Waals surface area contributed by atoms with Gasteiger partial charge in [0.1, 0.15) is 12.1 Å². The number of carbonyl (C=O) groups excluding carboxylic acids is 4. The van der Waals surface area contributed by atoms with Crippen molar-refractivity contribution in [1.82, 2.24) is 25.3 Å². The fraction of sp³-hybridized carbons (Fsp3) is 0.812. The van der Waals surface area contributed by atoms with Crippen LogP contribution in [0.4, 0.5) is 0 Å². The topological polar surface area (TPSA) is 102 Å². The molecule has 0 spiro atoms. The van der Waals surface area contributed by atoms with Crippen LogP contribution in [-0.4, -0.2) is 94.7 Å². The number of likely N-dealkylation sites (tertiary alicyclic amines) is 2. The van der Waals surface area contributed by atoms with Crippen LogP contribution in [0.1, 0.15) is 100 Å². The van der Waals surface area contributed by atoms with Crippen molar-refractivity contribution in [1.29, 1.82) is 0 Å². The Balaban J connectivity index is 1.77. The average Bonchev–Trinajstić information content (AvgIpc) is 3.58. The highest BCUT2D eigenvalue weighted by molar-refractivity contribution is 5.97. The highest BCUT2D eigenvalue weighted by Gasteiger charge is 2.41. The predicted octanol–water partition coefficient (Wildman–Crippen LogP) is 3.48. The maximum absolute atomic E-state index is 14.0. The predicted molar refractivity (Wildman–Crippen MR) is 162 cm³/mol. The number of nitrogens with zero attached hydrogens (tertiary/aromatic N) is 3. The standard InChI is InChI=1S/C32H55N5O4/c1-20(2)26(19-22(5)30(40)37-18-12-14-25(37)28(38)33-23-15-16-23)35(9)31(41)27(32(6,7)8)34-29(39)24-13-10-11-17-36(24)21(3)4/h19-21,23-27H,10-18H2,1-9H3,(H,33,38)(H,34,39)/b22-19+/t24?,25-,26+,27+/m0/s1. The minimum Gasteiger partial charge on any atom is -0.352 e. The molecular weight excluding hydrogens is 518 g/mol. The van der Waals surface area contributed by atoms with E-state index in [9.17, 15) is 19.2 Å². The second kappa shape index (κ2) is 13.7. The van der Waals surface area contributed by atoms with E-state index in [4.69, 9.17) is 0 Å². The van der Waals surface area contributed by atoms with E-state index < -0.39 is 17.5 Å². The molecular formula is C32H55N5O4. The smallest absolute Gasteiger partial charge is 0.249 e. The van der Waals surface area contributed by atoms with Crippen LogP contribution in [0.25, 0.3) is 0 Å². The second-order valence-electron chi connectivity index (χ2n) is 14.1. The fourth-order valence-electron chi connectivity index (χ4n) is 6.20. The molecule has 1 unspecified atom stereocenters. The maximum atomic E-state index is 14.0. The van der Waals surface area contributed by atoms with E-state index in [1.807, 2.05) is 40.7 Å². The zero-order valence-corrected chi connectivity index (χ0v) is 27.0. The number of nitrogens with one attached hydrogen (secondary N) is 2. The molecule has 232 valence electrons. The maximum Gasteiger partial charge on any atom is 0.249 e. The number of amides is 4. The zero-order valence-electron chi connectivity index (χ0n) is 27.0. The van der Waals surface area contributed by atoms with Crippen LogP contribution in [-0.2, 0) is 19.2 Å². The molecule has 2 saturated heterocycles. The second-order valence-corrected chi connectivity index (χ2v) is 14.1. The first-order valence-electron chi connectivity index (χ1n) is 15.8. The van der Waals surface area contributed by atoms with Gasteiger partial charge in [-0.3, -0.25) is 24.1 Å². The number of likely N-dealkylation sites (N-methyl/N-ethyl adjacent to an activating group) is 1. The molecule has 3 rings (SSSR count). The largest absolute Gasteiger partial charge is 0.352 e. The van der Waals surface area contributed by atoms with Crippen molar-refractivity contribution in [2.24, 2.45) is 11.3 Å². The van der Waals surface area contributed by atoms with Gasteiger partial charge >= 0.3 is 0 Å². The van der Waals surface area contributed by atoms with Crippen molar-refractivity contribution in [3.05, 3.63) is 11.6 Å². The molecule has 0 aromatic heterocycles. The van der Waals surface area contributed by atoms with Crippen molar-refractivity contribution in [3.8, 4) is 0 Å². The molecule has 0 radical (unpaired) electrons. The lowest BCUT2D eigenvalue weighted by Gasteiger charge is -2.41. The molecule has 2 aliphatic heterocycles. The summed E-state index contributed by atoms with van der Waals surface area (Å²) in [4.78, 5) is 59.5. The quantitative estimate of drug-likeness (QED) is 0.390. The Labute approximate surface area is 247 Å². The molecule has 4 amide bonds. The molecule has 3 aliphatic rings. The molecule has 0 bridgehead atoms. The first-order chi connectivity index (χ1) is 19.1. The van der Waals surface area contributed by atoms with Gasteiger partial charge in [0, 0.05) is 31.2 Å². The Kier molecular flexibility index (Phi) is 11.1. The first kappa shape index (κ1) is 33.1. The van der Waals surface area contributed by atoms with E-state index in [1.165, 1.54) is 0 Å². The van der Waals surface area contributed by atoms with Crippen molar-refractivity contribution >= 4 is 23.6 Å². The van der Waals surface area contributed by atoms with Crippen LogP contribution in [0.5, 0.6) is 0 Å². The van der Waals surface area contributed by atoms with E-state index >= 15 is 0 Å². The lowest BCUT2D eigenvalue weighted by molar-refractivity contribution is -0.142. The number of hydrogen-bond donors (Lipinski definition) is 2. The van der Waals surface area contributed by atoms with E-state index in [1.54, 1.807) is 23.8 Å². The fourth-order valence-corrected chi connectivity index (χ4v) is 6.20. The summed E-state index contributed by atoms with van der Waals surface area (Å²) in [5, 5.41) is 6.18. The molecule has 2 heterocycles. The molecule has 41 heavy (non-hydrogen) atoms. The van der Waals surface area contributed by atoms with Crippen molar-refractivity contribution in [2.45, 2.75) is 137 Å². The van der Waals surface area contributed by atoms with Gasteiger partial charge in [0.15, 0.2) is 0 Å². The monoisotopic (exact) mass is 573 g/mol. The lowest BCUT2D eigenvalue weighted by atomic mass is 9.84. The Bertz CT molecular complexity index is 997. The highest BCUT2D eigenvalue weighted by Crippen LogP contribution is 2.27. The SMILES string of the molecule is C/C(=C\[C@H](C(C)C)N(C)C(=O)[C@@H](NC(=O)C1CCCCN1C(C)C)C(C)(C)C)C(=O)N1CCC[C@H]1C(=O)NC1CC1. The summed E-state index contributed by atoms with van der Waals surface area (Å²) in [6.07, 6.45) is 8.23. The van der Waals surface area contributed by atoms with Gasteiger partial charge in [0.2, 0.25) is 23.6 Å². The van der Waals surface area contributed by atoms with E-state index in [2.05, 4.69) is 29.4 Å². The van der Waals surface area contributed by atoms with Crippen LogP contribution < -0.4 is 10.6 Å². The lowest BCUT2D eigenvalue weighted by Crippen LogP contribution is -2.60. The minimum atomic E-state index is -0.712. The third-order valence-corrected chi connectivity index (χ3v) is 8.89. The molecule has 1 aliphatic carbocycles. The summed E-state index contributed by atoms with van der Waals surface area (Å²) in [7, 11) is 1.76. The van der Waals surface area contributed by atoms with Gasteiger partial charge in [-0.1, -0.05) is 47.1 Å². The van der Waals surface area contributed by atoms with E-state index in [0.29, 0.717) is 18.5 Å². The van der Waals surface area contributed by atoms with Crippen molar-refractivity contribution in [3.63, 3.8) is 0 Å². The van der Waals surface area contributed by atoms with Crippen molar-refractivity contribution in [2.75, 3.05) is 20.1 Å². The number of carbonyl (C=O) groups is 4. The molecule has 9 heteroatoms. The summed E-state index contributed by atoms with van der Waals surface area (Å²) in [6, 6.07) is -1.23. The minimum absolute atomic E-state index is 0.0327. The molecule has 1 saturated carbocycles. The molecule has 4 atom stereocenters. The Morgan fingerprint density at radius 2 is 1.51 bits per heavy atom. The van der Waals surface area contributed by atoms with Gasteiger partial charge in [0.25, 0.3) is 0 Å². The van der Waals surface area contributed by atoms with Crippen LogP contribution in [0, 0.1) is 11.3 Å². The van der Waals surface area contributed by atoms with Gasteiger partial charge < -0.3 is 20.4 Å². The zero-order chi connectivity index (χ0) is 30.6. The third-order valence-electron chi connectivity index (χ3n) is 8.89. The molecule has 9 nitrogen and oxygen atoms in total. The van der Waals surface area contributed by atoms with Crippen molar-refractivity contribution < 1.29 is 19.2 Å². The summed E-state index contributed by atoms with van der Waals surface area (Å²) >= 11 is 0. The average molecular weight is 574 g/mol.